The molecule has 0 radical (unpaired) electrons. The first kappa shape index (κ1) is 24.2. The number of aromatic nitrogens is 2. The molecule has 9 heteroatoms. The predicted molar refractivity (Wildman–Crippen MR) is 127 cm³/mol. The van der Waals surface area contributed by atoms with E-state index >= 15 is 0 Å². The van der Waals surface area contributed by atoms with Gasteiger partial charge in [0.05, 0.1) is 22.7 Å². The minimum Gasteiger partial charge on any atom is -0.381 e. The van der Waals surface area contributed by atoms with Crippen LogP contribution < -0.4 is 4.90 Å². The molecule has 2 atom stereocenters. The maximum atomic E-state index is 12.3. The summed E-state index contributed by atoms with van der Waals surface area (Å²) in [4.78, 5) is 11.0. The van der Waals surface area contributed by atoms with Gasteiger partial charge in [0.1, 0.15) is 0 Å². The van der Waals surface area contributed by atoms with Crippen molar-refractivity contribution in [2.75, 3.05) is 44.3 Å². The van der Waals surface area contributed by atoms with E-state index in [0.717, 1.165) is 69.3 Å². The molecular weight excluding hydrogens is 448 g/mol. The number of nitrogens with zero attached hydrogens (tertiary/aromatic N) is 4. The average Bonchev–Trinajstić information content (AvgIpc) is 3.57. The molecule has 0 spiro atoms. The molecule has 0 N–H and O–H groups in total. The van der Waals surface area contributed by atoms with Gasteiger partial charge in [-0.1, -0.05) is 11.6 Å². The van der Waals surface area contributed by atoms with Crippen LogP contribution in [0, 0.1) is 23.7 Å². The van der Waals surface area contributed by atoms with Gasteiger partial charge in [-0.05, 0) is 76.0 Å². The molecule has 0 bridgehead atoms. The molecule has 3 aliphatic rings. The Labute approximate surface area is 197 Å². The van der Waals surface area contributed by atoms with Gasteiger partial charge in [0, 0.05) is 39.4 Å². The van der Waals surface area contributed by atoms with Gasteiger partial charge in [-0.25, -0.2) is 22.7 Å². The van der Waals surface area contributed by atoms with Gasteiger partial charge in [0.15, 0.2) is 0 Å². The third-order valence-electron chi connectivity index (χ3n) is 7.53. The lowest BCUT2D eigenvalue weighted by Gasteiger charge is -2.32. The normalized spacial score (nSPS) is 26.1. The maximum absolute atomic E-state index is 12.3. The monoisotopic (exact) mass is 484 g/mol. The molecule has 0 amide bonds. The van der Waals surface area contributed by atoms with E-state index in [-0.39, 0.29) is 5.25 Å². The molecule has 180 valence electrons. The van der Waals surface area contributed by atoms with Gasteiger partial charge < -0.3 is 9.64 Å². The Kier molecular flexibility index (Phi) is 7.96. The number of sulfonamides is 1. The van der Waals surface area contributed by atoms with Crippen LogP contribution in [0.5, 0.6) is 0 Å². The van der Waals surface area contributed by atoms with Gasteiger partial charge in [-0.3, -0.25) is 0 Å². The van der Waals surface area contributed by atoms with Crippen LogP contribution in [0.2, 0.25) is 5.02 Å². The average molecular weight is 485 g/mol. The summed E-state index contributed by atoms with van der Waals surface area (Å²) in [5.41, 5.74) is 0. The van der Waals surface area contributed by atoms with Crippen molar-refractivity contribution in [1.82, 2.24) is 14.3 Å². The van der Waals surface area contributed by atoms with Crippen LogP contribution in [0.15, 0.2) is 12.4 Å². The fraction of sp³-hybridized carbons (Fsp3) is 0.826. The third-order valence-corrected chi connectivity index (χ3v) is 10.00. The molecule has 2 saturated heterocycles. The van der Waals surface area contributed by atoms with Crippen molar-refractivity contribution in [1.29, 1.82) is 0 Å². The van der Waals surface area contributed by atoms with Crippen LogP contribution in [0.4, 0.5) is 5.95 Å². The number of hydrogen-bond acceptors (Lipinski definition) is 6. The Morgan fingerprint density at radius 1 is 1.09 bits per heavy atom. The zero-order chi connectivity index (χ0) is 22.7. The number of ether oxygens (including phenoxy) is 1. The molecule has 1 aliphatic carbocycles. The molecule has 1 saturated carbocycles. The fourth-order valence-electron chi connectivity index (χ4n) is 5.29. The number of hydrogen-bond donors (Lipinski definition) is 0. The van der Waals surface area contributed by atoms with Crippen molar-refractivity contribution in [3.05, 3.63) is 17.4 Å². The van der Waals surface area contributed by atoms with Crippen LogP contribution in [0.3, 0.4) is 0 Å². The van der Waals surface area contributed by atoms with Gasteiger partial charge in [-0.2, -0.15) is 0 Å². The van der Waals surface area contributed by atoms with Gasteiger partial charge in [0.25, 0.3) is 0 Å². The number of anilines is 1. The first-order valence-corrected chi connectivity index (χ1v) is 14.0. The van der Waals surface area contributed by atoms with E-state index in [1.807, 2.05) is 0 Å². The minimum atomic E-state index is -3.11. The van der Waals surface area contributed by atoms with E-state index in [0.29, 0.717) is 24.0 Å². The first-order chi connectivity index (χ1) is 15.3. The highest BCUT2D eigenvalue weighted by Crippen LogP contribution is 2.49. The highest BCUT2D eigenvalue weighted by molar-refractivity contribution is 7.89. The number of rotatable bonds is 9. The summed E-state index contributed by atoms with van der Waals surface area (Å²) in [6.07, 6.45) is 10.1. The molecule has 4 rings (SSSR count). The molecule has 3 fully saturated rings. The van der Waals surface area contributed by atoms with E-state index in [1.165, 1.54) is 19.3 Å². The second-order valence-corrected chi connectivity index (χ2v) is 12.9. The first-order valence-electron chi connectivity index (χ1n) is 12.1. The lowest BCUT2D eigenvalue weighted by Crippen LogP contribution is -2.42. The molecule has 2 unspecified atom stereocenters. The highest BCUT2D eigenvalue weighted by atomic mass is 35.5. The van der Waals surface area contributed by atoms with Crippen molar-refractivity contribution in [2.45, 2.75) is 57.6 Å². The largest absolute Gasteiger partial charge is 0.381 e. The van der Waals surface area contributed by atoms with Gasteiger partial charge in [0.2, 0.25) is 16.0 Å². The standard InChI is InChI=1S/C23H37ClN4O3S/c1-17(2)32(29,30)28-10-3-18(4-11-28)16-31-12-7-20-13-22(20)19-5-8-27(9-6-19)23-25-14-21(24)15-26-23/h14-15,17-20,22H,3-13,16H2,1-2H3. The Hall–Kier alpha value is -0.960. The third kappa shape index (κ3) is 5.93. The van der Waals surface area contributed by atoms with Gasteiger partial charge in [-0.15, -0.1) is 0 Å². The molecule has 3 heterocycles. The second kappa shape index (κ2) is 10.5. The van der Waals surface area contributed by atoms with Crippen molar-refractivity contribution in [3.8, 4) is 0 Å². The topological polar surface area (TPSA) is 75.6 Å². The summed E-state index contributed by atoms with van der Waals surface area (Å²) < 4.78 is 32.2. The predicted octanol–water partition coefficient (Wildman–Crippen LogP) is 3.84. The maximum Gasteiger partial charge on any atom is 0.225 e. The van der Waals surface area contributed by atoms with E-state index < -0.39 is 10.0 Å². The summed E-state index contributed by atoms with van der Waals surface area (Å²) in [6.45, 7) is 8.45. The van der Waals surface area contributed by atoms with Crippen LogP contribution >= 0.6 is 11.6 Å². The van der Waals surface area contributed by atoms with Crippen LogP contribution in [0.25, 0.3) is 0 Å². The van der Waals surface area contributed by atoms with Crippen molar-refractivity contribution < 1.29 is 13.2 Å². The Morgan fingerprint density at radius 3 is 2.38 bits per heavy atom. The second-order valence-electron chi connectivity index (χ2n) is 9.99. The highest BCUT2D eigenvalue weighted by Gasteiger charge is 2.43. The molecule has 0 aromatic carbocycles. The smallest absolute Gasteiger partial charge is 0.225 e. The van der Waals surface area contributed by atoms with E-state index in [2.05, 4.69) is 14.9 Å². The Morgan fingerprint density at radius 2 is 1.75 bits per heavy atom. The van der Waals surface area contributed by atoms with Crippen LogP contribution in [0.1, 0.15) is 52.4 Å². The molecule has 1 aromatic rings. The number of halogens is 1. The molecule has 1 aromatic heterocycles. The lowest BCUT2D eigenvalue weighted by molar-refractivity contribution is 0.0744. The van der Waals surface area contributed by atoms with Crippen molar-refractivity contribution >= 4 is 27.6 Å². The van der Waals surface area contributed by atoms with E-state index in [1.54, 1.807) is 30.5 Å². The summed E-state index contributed by atoms with van der Waals surface area (Å²) in [5, 5.41) is 0.246. The van der Waals surface area contributed by atoms with Gasteiger partial charge >= 0.3 is 0 Å². The molecular formula is C23H37ClN4O3S. The quantitative estimate of drug-likeness (QED) is 0.496. The Balaban J connectivity index is 1.08. The van der Waals surface area contributed by atoms with Crippen LogP contribution in [-0.2, 0) is 14.8 Å². The zero-order valence-electron chi connectivity index (χ0n) is 19.3. The van der Waals surface area contributed by atoms with E-state index in [4.69, 9.17) is 16.3 Å². The summed E-state index contributed by atoms with van der Waals surface area (Å²) in [5.74, 6) is 3.77. The summed E-state index contributed by atoms with van der Waals surface area (Å²) in [7, 11) is -3.11. The fourth-order valence-corrected chi connectivity index (χ4v) is 6.70. The van der Waals surface area contributed by atoms with Crippen LogP contribution in [-0.4, -0.2) is 67.3 Å². The van der Waals surface area contributed by atoms with Crippen molar-refractivity contribution in [2.24, 2.45) is 23.7 Å². The molecule has 7 nitrogen and oxygen atoms in total. The summed E-state index contributed by atoms with van der Waals surface area (Å²) >= 11 is 5.89. The summed E-state index contributed by atoms with van der Waals surface area (Å²) in [6, 6.07) is 0. The van der Waals surface area contributed by atoms with Crippen molar-refractivity contribution in [3.63, 3.8) is 0 Å². The zero-order valence-corrected chi connectivity index (χ0v) is 20.9. The minimum absolute atomic E-state index is 0.334. The van der Waals surface area contributed by atoms with E-state index in [9.17, 15) is 8.42 Å². The molecule has 2 aliphatic heterocycles. The SMILES string of the molecule is CC(C)S(=O)(=O)N1CCC(COCCC2CC2C2CCN(c3ncc(Cl)cn3)CC2)CC1. The molecule has 32 heavy (non-hydrogen) atoms. The Bertz CT molecular complexity index is 835. The lowest BCUT2D eigenvalue weighted by atomic mass is 9.90. The number of piperidine rings is 2.